The van der Waals surface area contributed by atoms with Gasteiger partial charge >= 0.3 is 0 Å². The third kappa shape index (κ3) is 4.92. The van der Waals surface area contributed by atoms with Crippen LogP contribution in [0.2, 0.25) is 0 Å². The van der Waals surface area contributed by atoms with Crippen molar-refractivity contribution in [2.45, 2.75) is 25.4 Å². The van der Waals surface area contributed by atoms with Crippen molar-refractivity contribution in [3.05, 3.63) is 89.6 Å². The van der Waals surface area contributed by atoms with Crippen LogP contribution in [0.3, 0.4) is 0 Å². The van der Waals surface area contributed by atoms with Gasteiger partial charge in [-0.3, -0.25) is 9.59 Å². The van der Waals surface area contributed by atoms with E-state index in [1.54, 1.807) is 7.05 Å². The maximum atomic E-state index is 12.5. The Balaban J connectivity index is 1.59. The lowest BCUT2D eigenvalue weighted by Crippen LogP contribution is -2.31. The minimum Gasteiger partial charge on any atom is -0.441 e. The number of hydrogen-bond donors (Lipinski definition) is 1. The molecule has 0 aliphatic heterocycles. The number of nitrogens with zero attached hydrogens (tertiary/aromatic N) is 2. The van der Waals surface area contributed by atoms with Crippen molar-refractivity contribution in [2.24, 2.45) is 5.73 Å². The molecule has 1 unspecified atom stereocenters. The summed E-state index contributed by atoms with van der Waals surface area (Å²) in [5.74, 6) is -0.845. The summed E-state index contributed by atoms with van der Waals surface area (Å²) in [6, 6.07) is 18.7. The molecule has 6 heteroatoms. The Morgan fingerprint density at radius 1 is 1.04 bits per heavy atom. The smallest absolute Gasteiger partial charge is 0.275 e. The highest BCUT2D eigenvalue weighted by Gasteiger charge is 2.24. The number of Topliss-reactive ketones (excluding diaryl/α,β-unsaturated/α-hetero) is 1. The lowest BCUT2D eigenvalue weighted by molar-refractivity contribution is 0.0779. The second-order valence-corrected chi connectivity index (χ2v) is 6.68. The van der Waals surface area contributed by atoms with Crippen LogP contribution >= 0.6 is 0 Å². The summed E-state index contributed by atoms with van der Waals surface area (Å²) in [6.07, 6.45) is 2.36. The number of carbonyl (C=O) groups is 2. The number of aryl methyl sites for hydroxylation is 1. The van der Waals surface area contributed by atoms with E-state index in [1.165, 1.54) is 11.2 Å². The molecule has 28 heavy (non-hydrogen) atoms. The fourth-order valence-corrected chi connectivity index (χ4v) is 2.87. The van der Waals surface area contributed by atoms with Crippen molar-refractivity contribution in [3.8, 4) is 0 Å². The molecule has 2 N–H and O–H groups in total. The lowest BCUT2D eigenvalue weighted by Gasteiger charge is -2.15. The molecule has 144 valence electrons. The maximum absolute atomic E-state index is 12.5. The van der Waals surface area contributed by atoms with E-state index in [4.69, 9.17) is 10.2 Å². The fraction of sp³-hybridized carbons (Fsp3) is 0.227. The predicted octanol–water partition coefficient (Wildman–Crippen LogP) is 3.09. The summed E-state index contributed by atoms with van der Waals surface area (Å²) in [5, 5.41) is 0. The summed E-state index contributed by atoms with van der Waals surface area (Å²) in [7, 11) is 1.68. The second kappa shape index (κ2) is 9.10. The van der Waals surface area contributed by atoms with Gasteiger partial charge in [-0.15, -0.1) is 0 Å². The number of amides is 1. The standard InChI is InChI=1S/C22H23N3O3/c1-25(14-17-10-6-3-7-11-17)22(27)19-15-28-21(24-19)20(26)18(23)13-12-16-8-4-2-5-9-16/h2-11,15,18H,12-14,23H2,1H3. The molecule has 6 nitrogen and oxygen atoms in total. The Labute approximate surface area is 164 Å². The first-order valence-corrected chi connectivity index (χ1v) is 9.13. The van der Waals surface area contributed by atoms with Crippen LogP contribution in [0.5, 0.6) is 0 Å². The number of benzene rings is 2. The van der Waals surface area contributed by atoms with E-state index >= 15 is 0 Å². The first-order valence-electron chi connectivity index (χ1n) is 9.13. The molecule has 0 spiro atoms. The van der Waals surface area contributed by atoms with E-state index in [0.29, 0.717) is 19.4 Å². The Kier molecular flexibility index (Phi) is 6.34. The van der Waals surface area contributed by atoms with Gasteiger partial charge in [-0.2, -0.15) is 0 Å². The van der Waals surface area contributed by atoms with Gasteiger partial charge in [0.1, 0.15) is 6.26 Å². The number of carbonyl (C=O) groups excluding carboxylic acids is 2. The molecular formula is C22H23N3O3. The van der Waals surface area contributed by atoms with E-state index in [1.807, 2.05) is 60.7 Å². The van der Waals surface area contributed by atoms with Crippen LogP contribution < -0.4 is 5.73 Å². The monoisotopic (exact) mass is 377 g/mol. The molecule has 3 aromatic rings. The molecular weight excluding hydrogens is 354 g/mol. The van der Waals surface area contributed by atoms with Crippen molar-refractivity contribution in [1.29, 1.82) is 0 Å². The van der Waals surface area contributed by atoms with Crippen molar-refractivity contribution < 1.29 is 14.0 Å². The molecule has 0 saturated carbocycles. The normalized spacial score (nSPS) is 11.8. The zero-order valence-corrected chi connectivity index (χ0v) is 15.7. The van der Waals surface area contributed by atoms with Crippen LogP contribution in [0.15, 0.2) is 71.3 Å². The van der Waals surface area contributed by atoms with Gasteiger partial charge in [0.05, 0.1) is 6.04 Å². The summed E-state index contributed by atoms with van der Waals surface area (Å²) < 4.78 is 5.23. The molecule has 0 aliphatic rings. The van der Waals surface area contributed by atoms with E-state index < -0.39 is 11.8 Å². The van der Waals surface area contributed by atoms with Gasteiger partial charge in [0.2, 0.25) is 5.78 Å². The van der Waals surface area contributed by atoms with Crippen molar-refractivity contribution >= 4 is 11.7 Å². The second-order valence-electron chi connectivity index (χ2n) is 6.68. The van der Waals surface area contributed by atoms with Gasteiger partial charge in [-0.05, 0) is 24.0 Å². The Morgan fingerprint density at radius 3 is 2.29 bits per heavy atom. The van der Waals surface area contributed by atoms with E-state index in [9.17, 15) is 9.59 Å². The molecule has 2 aromatic carbocycles. The molecule has 3 rings (SSSR count). The summed E-state index contributed by atoms with van der Waals surface area (Å²) >= 11 is 0. The van der Waals surface area contributed by atoms with Gasteiger partial charge in [0.15, 0.2) is 5.69 Å². The first kappa shape index (κ1) is 19.5. The molecule has 0 saturated heterocycles. The van der Waals surface area contributed by atoms with Crippen LogP contribution in [0.1, 0.15) is 38.7 Å². The fourth-order valence-electron chi connectivity index (χ4n) is 2.87. The predicted molar refractivity (Wildman–Crippen MR) is 106 cm³/mol. The van der Waals surface area contributed by atoms with Crippen molar-refractivity contribution in [3.63, 3.8) is 0 Å². The van der Waals surface area contributed by atoms with E-state index in [-0.39, 0.29) is 17.5 Å². The Hall–Kier alpha value is -3.25. The van der Waals surface area contributed by atoms with Crippen LogP contribution in [-0.4, -0.2) is 34.7 Å². The summed E-state index contributed by atoms with van der Waals surface area (Å²) in [4.78, 5) is 30.6. The average Bonchev–Trinajstić information content (AvgIpc) is 3.22. The number of nitrogens with two attached hydrogens (primary N) is 1. The SMILES string of the molecule is CN(Cc1ccccc1)C(=O)c1coc(C(=O)C(N)CCc2ccccc2)n1. The third-order valence-corrected chi connectivity index (χ3v) is 4.47. The molecule has 0 radical (unpaired) electrons. The minimum atomic E-state index is -0.733. The molecule has 1 atom stereocenters. The topological polar surface area (TPSA) is 89.4 Å². The Bertz CT molecular complexity index is 922. The maximum Gasteiger partial charge on any atom is 0.275 e. The van der Waals surface area contributed by atoms with E-state index in [0.717, 1.165) is 11.1 Å². The molecule has 1 heterocycles. The first-order chi connectivity index (χ1) is 13.5. The van der Waals surface area contributed by atoms with Gasteiger partial charge in [-0.1, -0.05) is 60.7 Å². The van der Waals surface area contributed by atoms with Crippen LogP contribution in [0, 0.1) is 0 Å². The van der Waals surface area contributed by atoms with E-state index in [2.05, 4.69) is 4.98 Å². The third-order valence-electron chi connectivity index (χ3n) is 4.47. The number of oxazole rings is 1. The largest absolute Gasteiger partial charge is 0.441 e. The quantitative estimate of drug-likeness (QED) is 0.609. The average molecular weight is 377 g/mol. The van der Waals surface area contributed by atoms with Crippen molar-refractivity contribution in [2.75, 3.05) is 7.05 Å². The highest BCUT2D eigenvalue weighted by atomic mass is 16.3. The number of hydrogen-bond acceptors (Lipinski definition) is 5. The number of ketones is 1. The summed E-state index contributed by atoms with van der Waals surface area (Å²) in [6.45, 7) is 0.437. The molecule has 1 aromatic heterocycles. The summed E-state index contributed by atoms with van der Waals surface area (Å²) in [5.41, 5.74) is 8.20. The molecule has 0 bridgehead atoms. The van der Waals surface area contributed by atoms with Crippen LogP contribution in [-0.2, 0) is 13.0 Å². The molecule has 0 fully saturated rings. The number of rotatable bonds is 8. The van der Waals surface area contributed by atoms with Crippen LogP contribution in [0.4, 0.5) is 0 Å². The van der Waals surface area contributed by atoms with Gasteiger partial charge in [0.25, 0.3) is 11.8 Å². The lowest BCUT2D eigenvalue weighted by atomic mass is 10.0. The minimum absolute atomic E-state index is 0.0945. The molecule has 1 amide bonds. The van der Waals surface area contributed by atoms with Gasteiger partial charge in [0, 0.05) is 13.6 Å². The van der Waals surface area contributed by atoms with Crippen LogP contribution in [0.25, 0.3) is 0 Å². The van der Waals surface area contributed by atoms with Gasteiger partial charge < -0.3 is 15.1 Å². The van der Waals surface area contributed by atoms with Crippen molar-refractivity contribution in [1.82, 2.24) is 9.88 Å². The zero-order chi connectivity index (χ0) is 19.9. The molecule has 0 aliphatic carbocycles. The zero-order valence-electron chi connectivity index (χ0n) is 15.7. The highest BCUT2D eigenvalue weighted by Crippen LogP contribution is 2.12. The highest BCUT2D eigenvalue weighted by molar-refractivity contribution is 5.98. The van der Waals surface area contributed by atoms with Gasteiger partial charge in [-0.25, -0.2) is 4.98 Å². The Morgan fingerprint density at radius 2 is 1.64 bits per heavy atom. The number of aromatic nitrogens is 1.